The summed E-state index contributed by atoms with van der Waals surface area (Å²) in [4.78, 5) is 16.9. The number of hydrogen-bond acceptors (Lipinski definition) is 2. The van der Waals surface area contributed by atoms with Crippen LogP contribution >= 0.6 is 0 Å². The van der Waals surface area contributed by atoms with E-state index in [1.54, 1.807) is 4.90 Å². The third-order valence-electron chi connectivity index (χ3n) is 3.36. The molecule has 4 heteroatoms. The van der Waals surface area contributed by atoms with Crippen LogP contribution in [-0.4, -0.2) is 24.2 Å². The molecule has 2 aromatic rings. The van der Waals surface area contributed by atoms with Crippen LogP contribution in [0.5, 0.6) is 0 Å². The lowest BCUT2D eigenvalue weighted by Crippen LogP contribution is -2.35. The van der Waals surface area contributed by atoms with Crippen LogP contribution in [0, 0.1) is 0 Å². The number of ether oxygens (including phenoxy) is 1. The molecule has 0 spiro atoms. The summed E-state index contributed by atoms with van der Waals surface area (Å²) < 4.78 is 5.11. The van der Waals surface area contributed by atoms with Crippen molar-refractivity contribution < 1.29 is 9.53 Å². The van der Waals surface area contributed by atoms with Crippen molar-refractivity contribution in [2.45, 2.75) is 19.8 Å². The summed E-state index contributed by atoms with van der Waals surface area (Å²) in [6.07, 6.45) is 3.68. The molecule has 0 aliphatic carbocycles. The van der Waals surface area contributed by atoms with Gasteiger partial charge in [-0.25, -0.2) is 4.79 Å². The van der Waals surface area contributed by atoms with Crippen LogP contribution in [0.3, 0.4) is 0 Å². The number of rotatable bonds is 1. The Morgan fingerprint density at radius 3 is 3.22 bits per heavy atom. The van der Waals surface area contributed by atoms with Gasteiger partial charge in [-0.15, -0.1) is 0 Å². The second-order valence-corrected chi connectivity index (χ2v) is 4.50. The minimum absolute atomic E-state index is 0.242. The van der Waals surface area contributed by atoms with E-state index in [1.807, 2.05) is 19.2 Å². The topological polar surface area (TPSA) is 45.3 Å². The van der Waals surface area contributed by atoms with Gasteiger partial charge in [0.05, 0.1) is 12.3 Å². The quantitative estimate of drug-likeness (QED) is 0.837. The van der Waals surface area contributed by atoms with Gasteiger partial charge in [-0.3, -0.25) is 4.90 Å². The predicted molar refractivity (Wildman–Crippen MR) is 71.0 cm³/mol. The molecule has 0 radical (unpaired) electrons. The fourth-order valence-corrected chi connectivity index (χ4v) is 2.52. The highest BCUT2D eigenvalue weighted by atomic mass is 16.6. The Balaban J connectivity index is 2.05. The summed E-state index contributed by atoms with van der Waals surface area (Å²) in [7, 11) is 0. The molecule has 0 fully saturated rings. The molecule has 1 aromatic heterocycles. The molecule has 0 unspecified atom stereocenters. The van der Waals surface area contributed by atoms with Crippen LogP contribution in [0.1, 0.15) is 18.9 Å². The van der Waals surface area contributed by atoms with Crippen molar-refractivity contribution in [3.05, 3.63) is 30.0 Å². The van der Waals surface area contributed by atoms with Gasteiger partial charge in [0.1, 0.15) is 0 Å². The Kier molecular flexibility index (Phi) is 2.70. The minimum Gasteiger partial charge on any atom is -0.449 e. The molecule has 0 saturated carbocycles. The van der Waals surface area contributed by atoms with Gasteiger partial charge in [0, 0.05) is 23.6 Å². The number of nitrogens with one attached hydrogen (secondary N) is 1. The average Bonchev–Trinajstić information content (AvgIpc) is 2.82. The number of aromatic amines is 1. The molecule has 1 N–H and O–H groups in total. The highest BCUT2D eigenvalue weighted by Gasteiger charge is 2.23. The summed E-state index contributed by atoms with van der Waals surface area (Å²) in [5.74, 6) is 0. The number of anilines is 1. The standard InChI is InChI=1S/C14H16N2O2/c1-2-18-14(17)16-7-3-4-11-8-12-10(5-6-15-12)9-13(11)16/h5-6,8-9,15H,2-4,7H2,1H3. The molecule has 0 bridgehead atoms. The summed E-state index contributed by atoms with van der Waals surface area (Å²) in [5.41, 5.74) is 3.33. The zero-order valence-electron chi connectivity index (χ0n) is 10.4. The van der Waals surface area contributed by atoms with E-state index in [-0.39, 0.29) is 6.09 Å². The van der Waals surface area contributed by atoms with Crippen LogP contribution in [0.2, 0.25) is 0 Å². The molecule has 3 rings (SSSR count). The second-order valence-electron chi connectivity index (χ2n) is 4.50. The largest absolute Gasteiger partial charge is 0.449 e. The number of aromatic nitrogens is 1. The maximum Gasteiger partial charge on any atom is 0.414 e. The van der Waals surface area contributed by atoms with E-state index < -0.39 is 0 Å². The van der Waals surface area contributed by atoms with Crippen LogP contribution in [-0.2, 0) is 11.2 Å². The molecular weight excluding hydrogens is 228 g/mol. The van der Waals surface area contributed by atoms with Crippen LogP contribution < -0.4 is 4.90 Å². The molecule has 1 aliphatic rings. The highest BCUT2D eigenvalue weighted by Crippen LogP contribution is 2.31. The number of carbonyl (C=O) groups excluding carboxylic acids is 1. The van der Waals surface area contributed by atoms with Gasteiger partial charge in [-0.1, -0.05) is 0 Å². The van der Waals surface area contributed by atoms with Crippen LogP contribution in [0.25, 0.3) is 10.9 Å². The van der Waals surface area contributed by atoms with E-state index in [0.29, 0.717) is 6.61 Å². The molecular formula is C14H16N2O2. The molecule has 1 aromatic carbocycles. The number of hydrogen-bond donors (Lipinski definition) is 1. The maximum absolute atomic E-state index is 11.9. The molecule has 18 heavy (non-hydrogen) atoms. The Morgan fingerprint density at radius 2 is 2.39 bits per heavy atom. The Morgan fingerprint density at radius 1 is 1.50 bits per heavy atom. The van der Waals surface area contributed by atoms with Crippen molar-refractivity contribution in [3.63, 3.8) is 0 Å². The van der Waals surface area contributed by atoms with Gasteiger partial charge in [0.25, 0.3) is 0 Å². The third-order valence-corrected chi connectivity index (χ3v) is 3.36. The van der Waals surface area contributed by atoms with E-state index in [9.17, 15) is 4.79 Å². The summed E-state index contributed by atoms with van der Waals surface area (Å²) >= 11 is 0. The third kappa shape index (κ3) is 1.74. The highest BCUT2D eigenvalue weighted by molar-refractivity contribution is 5.94. The van der Waals surface area contributed by atoms with Gasteiger partial charge in [-0.05, 0) is 43.5 Å². The zero-order valence-corrected chi connectivity index (χ0v) is 10.4. The Labute approximate surface area is 106 Å². The fourth-order valence-electron chi connectivity index (χ4n) is 2.52. The first-order valence-electron chi connectivity index (χ1n) is 6.34. The smallest absolute Gasteiger partial charge is 0.414 e. The maximum atomic E-state index is 11.9. The lowest BCUT2D eigenvalue weighted by molar-refractivity contribution is 0.159. The molecule has 0 atom stereocenters. The number of aryl methyl sites for hydroxylation is 1. The minimum atomic E-state index is -0.242. The normalized spacial score (nSPS) is 14.6. The van der Waals surface area contributed by atoms with E-state index in [0.717, 1.165) is 36.0 Å². The summed E-state index contributed by atoms with van der Waals surface area (Å²) in [6.45, 7) is 2.98. The van der Waals surface area contributed by atoms with E-state index >= 15 is 0 Å². The van der Waals surface area contributed by atoms with Crippen molar-refractivity contribution in [2.75, 3.05) is 18.1 Å². The van der Waals surface area contributed by atoms with Crippen molar-refractivity contribution in [1.82, 2.24) is 4.98 Å². The van der Waals surface area contributed by atoms with E-state index in [2.05, 4.69) is 17.1 Å². The number of fused-ring (bicyclic) bond motifs is 2. The number of carbonyl (C=O) groups is 1. The Hall–Kier alpha value is -1.97. The van der Waals surface area contributed by atoms with Crippen molar-refractivity contribution in [1.29, 1.82) is 0 Å². The molecule has 1 amide bonds. The number of H-pyrrole nitrogens is 1. The van der Waals surface area contributed by atoms with Gasteiger partial charge in [-0.2, -0.15) is 0 Å². The van der Waals surface area contributed by atoms with Crippen LogP contribution in [0.15, 0.2) is 24.4 Å². The van der Waals surface area contributed by atoms with E-state index in [1.165, 1.54) is 5.56 Å². The molecule has 2 heterocycles. The molecule has 4 nitrogen and oxygen atoms in total. The van der Waals surface area contributed by atoms with Crippen molar-refractivity contribution in [2.24, 2.45) is 0 Å². The van der Waals surface area contributed by atoms with Gasteiger partial charge >= 0.3 is 6.09 Å². The van der Waals surface area contributed by atoms with Gasteiger partial charge in [0.2, 0.25) is 0 Å². The van der Waals surface area contributed by atoms with Gasteiger partial charge in [0.15, 0.2) is 0 Å². The summed E-state index contributed by atoms with van der Waals surface area (Å²) in [5, 5.41) is 1.13. The number of benzene rings is 1. The van der Waals surface area contributed by atoms with Gasteiger partial charge < -0.3 is 9.72 Å². The number of nitrogens with zero attached hydrogens (tertiary/aromatic N) is 1. The predicted octanol–water partition coefficient (Wildman–Crippen LogP) is 3.08. The lowest BCUT2D eigenvalue weighted by Gasteiger charge is -2.28. The average molecular weight is 244 g/mol. The monoisotopic (exact) mass is 244 g/mol. The lowest BCUT2D eigenvalue weighted by atomic mass is 10.0. The summed E-state index contributed by atoms with van der Waals surface area (Å²) in [6, 6.07) is 6.22. The number of amides is 1. The first-order chi connectivity index (χ1) is 8.79. The molecule has 94 valence electrons. The van der Waals surface area contributed by atoms with E-state index in [4.69, 9.17) is 4.74 Å². The Bertz CT molecular complexity index is 588. The SMILES string of the molecule is CCOC(=O)N1CCCc2cc3[nH]ccc3cc21. The second kappa shape index (κ2) is 4.37. The van der Waals surface area contributed by atoms with Crippen molar-refractivity contribution >= 4 is 22.7 Å². The fraction of sp³-hybridized carbons (Fsp3) is 0.357. The van der Waals surface area contributed by atoms with Crippen LogP contribution in [0.4, 0.5) is 10.5 Å². The van der Waals surface area contributed by atoms with Crippen molar-refractivity contribution in [3.8, 4) is 0 Å². The molecule has 1 aliphatic heterocycles. The first kappa shape index (κ1) is 11.1. The molecule has 0 saturated heterocycles. The zero-order chi connectivity index (χ0) is 12.5. The first-order valence-corrected chi connectivity index (χ1v) is 6.34.